The lowest BCUT2D eigenvalue weighted by atomic mass is 9.84. The van der Waals surface area contributed by atoms with Crippen LogP contribution in [-0.2, 0) is 15.0 Å². The van der Waals surface area contributed by atoms with Crippen LogP contribution in [0.2, 0.25) is 0 Å². The second-order valence-corrected chi connectivity index (χ2v) is 7.15. The van der Waals surface area contributed by atoms with Crippen molar-refractivity contribution in [1.29, 1.82) is 0 Å². The number of carboxylic acids is 1. The lowest BCUT2D eigenvalue weighted by Crippen LogP contribution is -2.51. The van der Waals surface area contributed by atoms with Gasteiger partial charge in [0.25, 0.3) is 10.2 Å². The maximum Gasteiger partial charge on any atom is 0.322 e. The molecule has 0 aromatic heterocycles. The molecular weight excluding hydrogens is 268 g/mol. The van der Waals surface area contributed by atoms with Crippen LogP contribution >= 0.6 is 0 Å². The molecule has 0 radical (unpaired) electrons. The Bertz CT molecular complexity index is 411. The number of hydrogen-bond acceptors (Lipinski definition) is 3. The highest BCUT2D eigenvalue weighted by molar-refractivity contribution is 7.87. The Morgan fingerprint density at radius 1 is 1.11 bits per heavy atom. The quantitative estimate of drug-likeness (QED) is 0.789. The van der Waals surface area contributed by atoms with E-state index in [0.29, 0.717) is 13.1 Å². The smallest absolute Gasteiger partial charge is 0.322 e. The Kier molecular flexibility index (Phi) is 4.81. The van der Waals surface area contributed by atoms with Crippen molar-refractivity contribution in [2.45, 2.75) is 51.0 Å². The van der Waals surface area contributed by atoms with Crippen LogP contribution in [0.15, 0.2) is 0 Å². The first kappa shape index (κ1) is 14.7. The van der Waals surface area contributed by atoms with Gasteiger partial charge in [0.1, 0.15) is 6.04 Å². The van der Waals surface area contributed by atoms with Crippen molar-refractivity contribution in [3.8, 4) is 0 Å². The van der Waals surface area contributed by atoms with E-state index < -0.39 is 22.2 Å². The molecule has 0 aromatic carbocycles. The van der Waals surface area contributed by atoms with Crippen molar-refractivity contribution >= 4 is 16.2 Å². The van der Waals surface area contributed by atoms with Gasteiger partial charge in [0, 0.05) is 13.1 Å². The zero-order valence-electron chi connectivity index (χ0n) is 11.0. The Morgan fingerprint density at radius 3 is 2.21 bits per heavy atom. The molecule has 0 aromatic rings. The van der Waals surface area contributed by atoms with Gasteiger partial charge in [-0.05, 0) is 31.6 Å². The number of carboxylic acid groups (broad SMARTS) is 1. The van der Waals surface area contributed by atoms with Crippen molar-refractivity contribution in [2.24, 2.45) is 5.92 Å². The predicted octanol–water partition coefficient (Wildman–Crippen LogP) is 0.950. The summed E-state index contributed by atoms with van der Waals surface area (Å²) >= 11 is 0. The van der Waals surface area contributed by atoms with E-state index in [1.165, 1.54) is 4.31 Å². The van der Waals surface area contributed by atoms with E-state index in [1.807, 2.05) is 0 Å². The summed E-state index contributed by atoms with van der Waals surface area (Å²) in [6.45, 7) is 0.985. The van der Waals surface area contributed by atoms with Gasteiger partial charge in [-0.3, -0.25) is 4.79 Å². The Labute approximate surface area is 114 Å². The normalized spacial score (nSPS) is 24.4. The molecule has 0 amide bonds. The van der Waals surface area contributed by atoms with Gasteiger partial charge in [-0.15, -0.1) is 0 Å². The highest BCUT2D eigenvalue weighted by Crippen LogP contribution is 2.27. The Hall–Kier alpha value is -0.660. The Balaban J connectivity index is 2.05. The number of hydrogen-bond donors (Lipinski definition) is 2. The molecule has 1 atom stereocenters. The van der Waals surface area contributed by atoms with Crippen LogP contribution in [0, 0.1) is 5.92 Å². The van der Waals surface area contributed by atoms with Gasteiger partial charge in [0.15, 0.2) is 0 Å². The van der Waals surface area contributed by atoms with E-state index in [4.69, 9.17) is 0 Å². The minimum absolute atomic E-state index is 0.0800. The molecule has 2 fully saturated rings. The highest BCUT2D eigenvalue weighted by atomic mass is 32.2. The number of nitrogens with zero attached hydrogens (tertiary/aromatic N) is 1. The third-order valence-corrected chi connectivity index (χ3v) is 5.66. The maximum absolute atomic E-state index is 12.1. The topological polar surface area (TPSA) is 86.7 Å². The number of carbonyl (C=O) groups is 1. The molecule has 0 bridgehead atoms. The number of nitrogens with one attached hydrogen (secondary N) is 1. The lowest BCUT2D eigenvalue weighted by Gasteiger charge is -2.29. The SMILES string of the molecule is O=C(O)C(NS(=O)(=O)N1CCCC1)C1CCCCC1. The van der Waals surface area contributed by atoms with Crippen LogP contribution in [0.4, 0.5) is 0 Å². The molecule has 1 heterocycles. The summed E-state index contributed by atoms with van der Waals surface area (Å²) in [5, 5.41) is 9.29. The van der Waals surface area contributed by atoms with Crippen molar-refractivity contribution < 1.29 is 18.3 Å². The average Bonchev–Trinajstić information content (AvgIpc) is 2.91. The first-order chi connectivity index (χ1) is 9.00. The van der Waals surface area contributed by atoms with Gasteiger partial charge < -0.3 is 5.11 Å². The molecule has 110 valence electrons. The van der Waals surface area contributed by atoms with E-state index in [-0.39, 0.29) is 5.92 Å². The van der Waals surface area contributed by atoms with Crippen molar-refractivity contribution in [1.82, 2.24) is 9.03 Å². The van der Waals surface area contributed by atoms with Gasteiger partial charge in [-0.2, -0.15) is 17.4 Å². The molecule has 1 saturated heterocycles. The lowest BCUT2D eigenvalue weighted by molar-refractivity contribution is -0.140. The van der Waals surface area contributed by atoms with Crippen LogP contribution in [-0.4, -0.2) is 42.9 Å². The molecule has 6 nitrogen and oxygen atoms in total. The van der Waals surface area contributed by atoms with Gasteiger partial charge >= 0.3 is 5.97 Å². The monoisotopic (exact) mass is 290 g/mol. The van der Waals surface area contributed by atoms with Crippen molar-refractivity contribution in [3.63, 3.8) is 0 Å². The minimum atomic E-state index is -3.65. The standard InChI is InChI=1S/C12H22N2O4S/c15-12(16)11(10-6-2-1-3-7-10)13-19(17,18)14-8-4-5-9-14/h10-11,13H,1-9H2,(H,15,16). The van der Waals surface area contributed by atoms with Crippen LogP contribution in [0.5, 0.6) is 0 Å². The van der Waals surface area contributed by atoms with Crippen molar-refractivity contribution in [2.75, 3.05) is 13.1 Å². The zero-order chi connectivity index (χ0) is 13.9. The van der Waals surface area contributed by atoms with E-state index >= 15 is 0 Å². The summed E-state index contributed by atoms with van der Waals surface area (Å²) in [5.41, 5.74) is 0. The van der Waals surface area contributed by atoms with Crippen LogP contribution in [0.25, 0.3) is 0 Å². The van der Waals surface area contributed by atoms with Gasteiger partial charge in [-0.25, -0.2) is 0 Å². The molecule has 2 N–H and O–H groups in total. The molecule has 2 aliphatic rings. The van der Waals surface area contributed by atoms with E-state index in [1.54, 1.807) is 0 Å². The van der Waals surface area contributed by atoms with Crippen LogP contribution in [0.1, 0.15) is 44.9 Å². The minimum Gasteiger partial charge on any atom is -0.480 e. The first-order valence-electron chi connectivity index (χ1n) is 7.01. The summed E-state index contributed by atoms with van der Waals surface area (Å²) in [7, 11) is -3.65. The second kappa shape index (κ2) is 6.19. The van der Waals surface area contributed by atoms with Gasteiger partial charge in [0.05, 0.1) is 0 Å². The highest BCUT2D eigenvalue weighted by Gasteiger charge is 2.35. The third-order valence-electron chi connectivity index (χ3n) is 4.07. The Morgan fingerprint density at radius 2 is 1.68 bits per heavy atom. The fourth-order valence-electron chi connectivity index (χ4n) is 2.98. The molecule has 19 heavy (non-hydrogen) atoms. The summed E-state index contributed by atoms with van der Waals surface area (Å²) < 4.78 is 28.0. The first-order valence-corrected chi connectivity index (χ1v) is 8.45. The molecule has 2 rings (SSSR count). The molecule has 1 unspecified atom stereocenters. The predicted molar refractivity (Wildman–Crippen MR) is 70.9 cm³/mol. The zero-order valence-corrected chi connectivity index (χ0v) is 11.9. The second-order valence-electron chi connectivity index (χ2n) is 5.44. The van der Waals surface area contributed by atoms with E-state index in [2.05, 4.69) is 4.72 Å². The fourth-order valence-corrected chi connectivity index (χ4v) is 4.48. The molecule has 1 aliphatic carbocycles. The van der Waals surface area contributed by atoms with Crippen LogP contribution < -0.4 is 4.72 Å². The maximum atomic E-state index is 12.1. The fraction of sp³-hybridized carbons (Fsp3) is 0.917. The molecule has 7 heteroatoms. The third kappa shape index (κ3) is 3.67. The van der Waals surface area contributed by atoms with Crippen molar-refractivity contribution in [3.05, 3.63) is 0 Å². The molecular formula is C12H22N2O4S. The molecule has 1 aliphatic heterocycles. The van der Waals surface area contributed by atoms with E-state index in [0.717, 1.165) is 44.9 Å². The van der Waals surface area contributed by atoms with Gasteiger partial charge in [0.2, 0.25) is 0 Å². The molecule has 1 saturated carbocycles. The summed E-state index contributed by atoms with van der Waals surface area (Å²) in [5.74, 6) is -1.14. The average molecular weight is 290 g/mol. The largest absolute Gasteiger partial charge is 0.480 e. The summed E-state index contributed by atoms with van der Waals surface area (Å²) in [6.07, 6.45) is 6.37. The van der Waals surface area contributed by atoms with Gasteiger partial charge in [-0.1, -0.05) is 19.3 Å². The van der Waals surface area contributed by atoms with Crippen LogP contribution in [0.3, 0.4) is 0 Å². The number of aliphatic carboxylic acids is 1. The molecule has 0 spiro atoms. The summed E-state index contributed by atoms with van der Waals surface area (Å²) in [6, 6.07) is -0.981. The summed E-state index contributed by atoms with van der Waals surface area (Å²) in [4.78, 5) is 11.3. The number of rotatable bonds is 5. The van der Waals surface area contributed by atoms with E-state index in [9.17, 15) is 18.3 Å².